The SMILES string of the molecule is OB(O)O.OB(O)O.[Na]. The molecule has 0 aliphatic rings. The van der Waals surface area contributed by atoms with Crippen molar-refractivity contribution >= 4 is 44.2 Å². The third kappa shape index (κ3) is 533. The van der Waals surface area contributed by atoms with Crippen molar-refractivity contribution in [2.24, 2.45) is 0 Å². The summed E-state index contributed by atoms with van der Waals surface area (Å²) < 4.78 is 0. The molecule has 1 radical (unpaired) electrons. The number of hydrogen-bond acceptors (Lipinski definition) is 6. The molecule has 0 aromatic rings. The van der Waals surface area contributed by atoms with Crippen LogP contribution in [0.3, 0.4) is 0 Å². The second-order valence-electron chi connectivity index (χ2n) is 0.693. The van der Waals surface area contributed by atoms with Crippen LogP contribution in [0.5, 0.6) is 0 Å². The summed E-state index contributed by atoms with van der Waals surface area (Å²) in [6, 6.07) is 0. The van der Waals surface area contributed by atoms with Gasteiger partial charge in [0.25, 0.3) is 0 Å². The first-order valence-electron chi connectivity index (χ1n) is 1.55. The molecule has 0 fully saturated rings. The van der Waals surface area contributed by atoms with Crippen molar-refractivity contribution in [1.29, 1.82) is 0 Å². The Kier molecular flexibility index (Phi) is 21.3. The molecule has 0 heterocycles. The van der Waals surface area contributed by atoms with Gasteiger partial charge in [-0.15, -0.1) is 0 Å². The molecule has 0 saturated carbocycles. The summed E-state index contributed by atoms with van der Waals surface area (Å²) >= 11 is 0. The molecule has 0 atom stereocenters. The van der Waals surface area contributed by atoms with Gasteiger partial charge in [0.2, 0.25) is 0 Å². The van der Waals surface area contributed by atoms with Gasteiger partial charge in [-0.3, -0.25) is 0 Å². The monoisotopic (exact) mass is 147 g/mol. The quantitative estimate of drug-likeness (QED) is 0.192. The minimum atomic E-state index is -2.17. The minimum Gasteiger partial charge on any atom is -0.402 e. The molecule has 0 aromatic carbocycles. The molecule has 9 heavy (non-hydrogen) atoms. The normalized spacial score (nSPS) is 6.00. The predicted molar refractivity (Wildman–Crippen MR) is 30.6 cm³/mol. The van der Waals surface area contributed by atoms with Crippen LogP contribution in [0.25, 0.3) is 0 Å². The Morgan fingerprint density at radius 1 is 0.556 bits per heavy atom. The van der Waals surface area contributed by atoms with E-state index in [9.17, 15) is 0 Å². The zero-order valence-corrected chi connectivity index (χ0v) is 6.84. The van der Waals surface area contributed by atoms with Crippen LogP contribution in [0.4, 0.5) is 0 Å². The van der Waals surface area contributed by atoms with Crippen LogP contribution in [0, 0.1) is 0 Å². The van der Waals surface area contributed by atoms with E-state index in [0.717, 1.165) is 0 Å². The molecule has 0 aliphatic carbocycles. The fraction of sp³-hybridized carbons (Fsp3) is 0. The second kappa shape index (κ2) is 11.7. The van der Waals surface area contributed by atoms with Crippen LogP contribution in [0.2, 0.25) is 0 Å². The van der Waals surface area contributed by atoms with E-state index >= 15 is 0 Å². The van der Waals surface area contributed by atoms with Crippen LogP contribution < -0.4 is 0 Å². The van der Waals surface area contributed by atoms with E-state index in [1.807, 2.05) is 0 Å². The van der Waals surface area contributed by atoms with Gasteiger partial charge in [-0.1, -0.05) is 0 Å². The number of rotatable bonds is 0. The molecular weight excluding hydrogens is 141 g/mol. The van der Waals surface area contributed by atoms with Gasteiger partial charge in [0.1, 0.15) is 0 Å². The maximum atomic E-state index is 7.17. The Morgan fingerprint density at radius 2 is 0.556 bits per heavy atom. The van der Waals surface area contributed by atoms with E-state index in [2.05, 4.69) is 0 Å². The first-order chi connectivity index (χ1) is 3.46. The molecule has 0 unspecified atom stereocenters. The largest absolute Gasteiger partial charge is 0.631 e. The standard InChI is InChI=1S/2BH3O3.Na/c2*2-1(3)4;/h2*2-4H;. The Bertz CT molecular complexity index is 26.5. The van der Waals surface area contributed by atoms with Gasteiger partial charge in [0.05, 0.1) is 0 Å². The fourth-order valence-corrected chi connectivity index (χ4v) is 0. The van der Waals surface area contributed by atoms with Crippen molar-refractivity contribution in [3.8, 4) is 0 Å². The molecule has 0 rings (SSSR count). The van der Waals surface area contributed by atoms with Gasteiger partial charge in [0.15, 0.2) is 0 Å². The fourth-order valence-electron chi connectivity index (χ4n) is 0. The van der Waals surface area contributed by atoms with E-state index in [1.54, 1.807) is 0 Å². The maximum absolute atomic E-state index is 7.17. The second-order valence-corrected chi connectivity index (χ2v) is 0.693. The summed E-state index contributed by atoms with van der Waals surface area (Å²) in [4.78, 5) is 0. The zero-order chi connectivity index (χ0) is 7.15. The first-order valence-corrected chi connectivity index (χ1v) is 1.55. The van der Waals surface area contributed by atoms with Gasteiger partial charge in [-0.2, -0.15) is 0 Å². The van der Waals surface area contributed by atoms with E-state index in [1.165, 1.54) is 0 Å². The van der Waals surface area contributed by atoms with Gasteiger partial charge in [-0.05, 0) is 0 Å². The summed E-state index contributed by atoms with van der Waals surface area (Å²) in [5, 5.41) is 43.0. The van der Waals surface area contributed by atoms with Crippen LogP contribution in [0.15, 0.2) is 0 Å². The van der Waals surface area contributed by atoms with Crippen LogP contribution in [0.1, 0.15) is 0 Å². The third-order valence-corrected chi connectivity index (χ3v) is 0. The van der Waals surface area contributed by atoms with Crippen molar-refractivity contribution in [3.05, 3.63) is 0 Å². The Morgan fingerprint density at radius 3 is 0.556 bits per heavy atom. The molecule has 6 N–H and O–H groups in total. The van der Waals surface area contributed by atoms with Crippen LogP contribution in [-0.4, -0.2) is 74.3 Å². The Balaban J connectivity index is -0.0000000720. The molecule has 9 heteroatoms. The average molecular weight is 147 g/mol. The van der Waals surface area contributed by atoms with E-state index in [0.29, 0.717) is 0 Å². The van der Waals surface area contributed by atoms with E-state index < -0.39 is 14.6 Å². The molecule has 0 amide bonds. The van der Waals surface area contributed by atoms with Crippen molar-refractivity contribution in [2.45, 2.75) is 0 Å². The average Bonchev–Trinajstić information content (AvgIpc) is 1.25. The molecule has 0 aliphatic heterocycles. The maximum Gasteiger partial charge on any atom is 0.631 e. The molecule has 49 valence electrons. The topological polar surface area (TPSA) is 121 Å². The van der Waals surface area contributed by atoms with E-state index in [-0.39, 0.29) is 29.6 Å². The van der Waals surface area contributed by atoms with Crippen LogP contribution in [-0.2, 0) is 0 Å². The molecule has 0 spiro atoms. The van der Waals surface area contributed by atoms with Gasteiger partial charge < -0.3 is 30.1 Å². The first kappa shape index (κ1) is 16.5. The smallest absolute Gasteiger partial charge is 0.402 e. The molecule has 0 bridgehead atoms. The van der Waals surface area contributed by atoms with Gasteiger partial charge >= 0.3 is 14.6 Å². The summed E-state index contributed by atoms with van der Waals surface area (Å²) in [5.74, 6) is 0. The van der Waals surface area contributed by atoms with Gasteiger partial charge in [-0.25, -0.2) is 0 Å². The summed E-state index contributed by atoms with van der Waals surface area (Å²) in [6.07, 6.45) is 0. The summed E-state index contributed by atoms with van der Waals surface area (Å²) in [7, 11) is -4.33. The summed E-state index contributed by atoms with van der Waals surface area (Å²) in [6.45, 7) is 0. The number of hydrogen-bond donors (Lipinski definition) is 6. The Labute approximate surface area is 74.4 Å². The van der Waals surface area contributed by atoms with Crippen molar-refractivity contribution in [3.63, 3.8) is 0 Å². The molecular formula is H6B2NaO6. The zero-order valence-electron chi connectivity index (χ0n) is 4.84. The van der Waals surface area contributed by atoms with Crippen molar-refractivity contribution in [1.82, 2.24) is 0 Å². The molecule has 0 aromatic heterocycles. The van der Waals surface area contributed by atoms with Gasteiger partial charge in [0, 0.05) is 29.6 Å². The molecule has 6 nitrogen and oxygen atoms in total. The third-order valence-electron chi connectivity index (χ3n) is 0. The summed E-state index contributed by atoms with van der Waals surface area (Å²) in [5.41, 5.74) is 0. The molecule has 0 saturated heterocycles. The van der Waals surface area contributed by atoms with Crippen molar-refractivity contribution in [2.75, 3.05) is 0 Å². The Hall–Kier alpha value is 0.890. The van der Waals surface area contributed by atoms with Crippen molar-refractivity contribution < 1.29 is 30.1 Å². The van der Waals surface area contributed by atoms with E-state index in [4.69, 9.17) is 30.1 Å². The predicted octanol–water partition coefficient (Wildman–Crippen LogP) is -4.48. The van der Waals surface area contributed by atoms with Crippen LogP contribution >= 0.6 is 0 Å². The minimum absolute atomic E-state index is 0.